The largest absolute Gasteiger partial charge is 0.368 e. The standard InChI is InChI=1S/C8H18O2/c1-7(9)10-6-5-8(2,3)4/h7,9H,5-6H2,1-4H3. The van der Waals surface area contributed by atoms with Gasteiger partial charge in [-0.05, 0) is 18.8 Å². The van der Waals surface area contributed by atoms with Crippen LogP contribution in [0.2, 0.25) is 0 Å². The zero-order valence-electron chi connectivity index (χ0n) is 7.35. The Morgan fingerprint density at radius 2 is 1.90 bits per heavy atom. The average molecular weight is 146 g/mol. The van der Waals surface area contributed by atoms with E-state index in [0.717, 1.165) is 6.42 Å². The van der Waals surface area contributed by atoms with Gasteiger partial charge in [0.05, 0.1) is 6.61 Å². The first-order valence-electron chi connectivity index (χ1n) is 3.71. The molecule has 0 heterocycles. The minimum absolute atomic E-state index is 0.300. The van der Waals surface area contributed by atoms with Crippen molar-refractivity contribution in [1.82, 2.24) is 0 Å². The first-order chi connectivity index (χ1) is 4.42. The van der Waals surface area contributed by atoms with Crippen molar-refractivity contribution >= 4 is 0 Å². The van der Waals surface area contributed by atoms with E-state index in [4.69, 9.17) is 9.84 Å². The summed E-state index contributed by atoms with van der Waals surface area (Å²) in [6, 6.07) is 0. The first kappa shape index (κ1) is 9.92. The van der Waals surface area contributed by atoms with Crippen LogP contribution in [0.1, 0.15) is 34.1 Å². The third-order valence-electron chi connectivity index (χ3n) is 1.21. The number of rotatable bonds is 3. The Morgan fingerprint density at radius 1 is 1.40 bits per heavy atom. The third-order valence-corrected chi connectivity index (χ3v) is 1.21. The molecule has 0 bridgehead atoms. The summed E-state index contributed by atoms with van der Waals surface area (Å²) in [6.07, 6.45) is 0.361. The Balaban J connectivity index is 3.21. The van der Waals surface area contributed by atoms with Gasteiger partial charge in [-0.1, -0.05) is 20.8 Å². The predicted octanol–water partition coefficient (Wildman–Crippen LogP) is 1.78. The van der Waals surface area contributed by atoms with Gasteiger partial charge in [0.1, 0.15) is 0 Å². The smallest absolute Gasteiger partial charge is 0.151 e. The van der Waals surface area contributed by atoms with E-state index in [0.29, 0.717) is 12.0 Å². The van der Waals surface area contributed by atoms with Gasteiger partial charge >= 0.3 is 0 Å². The van der Waals surface area contributed by atoms with Crippen molar-refractivity contribution in [2.24, 2.45) is 5.41 Å². The number of hydrogen-bond acceptors (Lipinski definition) is 2. The van der Waals surface area contributed by atoms with Crippen LogP contribution in [0, 0.1) is 5.41 Å². The van der Waals surface area contributed by atoms with Gasteiger partial charge in [-0.15, -0.1) is 0 Å². The van der Waals surface area contributed by atoms with Crippen molar-refractivity contribution in [3.8, 4) is 0 Å². The highest BCUT2D eigenvalue weighted by Crippen LogP contribution is 2.17. The maximum atomic E-state index is 8.73. The van der Waals surface area contributed by atoms with E-state index >= 15 is 0 Å². The lowest BCUT2D eigenvalue weighted by molar-refractivity contribution is -0.0905. The van der Waals surface area contributed by atoms with Crippen LogP contribution in [0.25, 0.3) is 0 Å². The highest BCUT2D eigenvalue weighted by molar-refractivity contribution is 4.59. The van der Waals surface area contributed by atoms with E-state index in [9.17, 15) is 0 Å². The van der Waals surface area contributed by atoms with Crippen LogP contribution in [0.4, 0.5) is 0 Å². The molecule has 0 rings (SSSR count). The molecule has 0 amide bonds. The number of aliphatic hydroxyl groups excluding tert-OH is 1. The maximum absolute atomic E-state index is 8.73. The van der Waals surface area contributed by atoms with Gasteiger partial charge in [0.25, 0.3) is 0 Å². The molecule has 62 valence electrons. The Labute approximate surface area is 63.2 Å². The first-order valence-corrected chi connectivity index (χ1v) is 3.71. The Hall–Kier alpha value is -0.0800. The summed E-state index contributed by atoms with van der Waals surface area (Å²) in [5, 5.41) is 8.73. The third kappa shape index (κ3) is 7.92. The molecule has 1 atom stereocenters. The minimum Gasteiger partial charge on any atom is -0.368 e. The van der Waals surface area contributed by atoms with E-state index in [1.165, 1.54) is 0 Å². The molecule has 0 spiro atoms. The predicted molar refractivity (Wildman–Crippen MR) is 41.7 cm³/mol. The van der Waals surface area contributed by atoms with E-state index in [1.807, 2.05) is 0 Å². The highest BCUT2D eigenvalue weighted by atomic mass is 16.6. The van der Waals surface area contributed by atoms with Crippen molar-refractivity contribution < 1.29 is 9.84 Å². The fourth-order valence-electron chi connectivity index (χ4n) is 0.536. The summed E-state index contributed by atoms with van der Waals surface area (Å²) in [7, 11) is 0. The van der Waals surface area contributed by atoms with Gasteiger partial charge in [-0.25, -0.2) is 0 Å². The fourth-order valence-corrected chi connectivity index (χ4v) is 0.536. The van der Waals surface area contributed by atoms with Crippen LogP contribution >= 0.6 is 0 Å². The molecule has 0 aromatic carbocycles. The van der Waals surface area contributed by atoms with Crippen molar-refractivity contribution in [2.75, 3.05) is 6.61 Å². The Kier molecular flexibility index (Phi) is 3.91. The lowest BCUT2D eigenvalue weighted by atomic mass is 9.93. The second-order valence-corrected chi connectivity index (χ2v) is 3.78. The zero-order chi connectivity index (χ0) is 8.20. The summed E-state index contributed by atoms with van der Waals surface area (Å²) in [5.41, 5.74) is 0.300. The van der Waals surface area contributed by atoms with Crippen LogP contribution in [0.15, 0.2) is 0 Å². The van der Waals surface area contributed by atoms with Gasteiger partial charge in [0.15, 0.2) is 6.29 Å². The van der Waals surface area contributed by atoms with Gasteiger partial charge in [0.2, 0.25) is 0 Å². The van der Waals surface area contributed by atoms with Crippen LogP contribution in [-0.2, 0) is 4.74 Å². The Morgan fingerprint density at radius 3 is 2.20 bits per heavy atom. The normalized spacial score (nSPS) is 15.3. The number of aliphatic hydroxyl groups is 1. The molecule has 0 aliphatic heterocycles. The molecule has 1 N–H and O–H groups in total. The second kappa shape index (κ2) is 3.94. The topological polar surface area (TPSA) is 29.5 Å². The van der Waals surface area contributed by atoms with E-state index in [1.54, 1.807) is 6.92 Å². The minimum atomic E-state index is -0.623. The fraction of sp³-hybridized carbons (Fsp3) is 1.00. The number of hydrogen-bond donors (Lipinski definition) is 1. The van der Waals surface area contributed by atoms with Gasteiger partial charge in [-0.3, -0.25) is 0 Å². The summed E-state index contributed by atoms with van der Waals surface area (Å²) in [6.45, 7) is 8.72. The lowest BCUT2D eigenvalue weighted by Crippen LogP contribution is -2.13. The van der Waals surface area contributed by atoms with Gasteiger partial charge in [-0.2, -0.15) is 0 Å². The van der Waals surface area contributed by atoms with Crippen molar-refractivity contribution in [2.45, 2.75) is 40.4 Å². The zero-order valence-corrected chi connectivity index (χ0v) is 7.35. The van der Waals surface area contributed by atoms with Crippen molar-refractivity contribution in [1.29, 1.82) is 0 Å². The molecule has 0 fully saturated rings. The SMILES string of the molecule is CC(O)OCCC(C)(C)C. The van der Waals surface area contributed by atoms with Crippen LogP contribution in [0.3, 0.4) is 0 Å². The molecule has 0 aliphatic rings. The molecular formula is C8H18O2. The molecule has 0 aromatic heterocycles. The quantitative estimate of drug-likeness (QED) is 0.615. The molecule has 0 saturated carbocycles. The van der Waals surface area contributed by atoms with Crippen LogP contribution in [-0.4, -0.2) is 18.0 Å². The second-order valence-electron chi connectivity index (χ2n) is 3.78. The summed E-state index contributed by atoms with van der Waals surface area (Å²) in [5.74, 6) is 0. The molecule has 2 nitrogen and oxygen atoms in total. The average Bonchev–Trinajstić information content (AvgIpc) is 1.59. The molecule has 2 heteroatoms. The van der Waals surface area contributed by atoms with E-state index in [-0.39, 0.29) is 0 Å². The summed E-state index contributed by atoms with van der Waals surface area (Å²) < 4.78 is 4.97. The molecule has 1 unspecified atom stereocenters. The van der Waals surface area contributed by atoms with Crippen LogP contribution in [0.5, 0.6) is 0 Å². The van der Waals surface area contributed by atoms with E-state index in [2.05, 4.69) is 20.8 Å². The Bertz CT molecular complexity index is 81.7. The van der Waals surface area contributed by atoms with Crippen molar-refractivity contribution in [3.63, 3.8) is 0 Å². The number of ether oxygens (including phenoxy) is 1. The van der Waals surface area contributed by atoms with Crippen LogP contribution < -0.4 is 0 Å². The lowest BCUT2D eigenvalue weighted by Gasteiger charge is -2.18. The molecule has 0 aromatic rings. The molecule has 10 heavy (non-hydrogen) atoms. The molecule has 0 aliphatic carbocycles. The molecular weight excluding hydrogens is 128 g/mol. The van der Waals surface area contributed by atoms with E-state index < -0.39 is 6.29 Å². The summed E-state index contributed by atoms with van der Waals surface area (Å²) >= 11 is 0. The van der Waals surface area contributed by atoms with Gasteiger partial charge < -0.3 is 9.84 Å². The van der Waals surface area contributed by atoms with Crippen molar-refractivity contribution in [3.05, 3.63) is 0 Å². The highest BCUT2D eigenvalue weighted by Gasteiger charge is 2.09. The van der Waals surface area contributed by atoms with Gasteiger partial charge in [0, 0.05) is 0 Å². The summed E-state index contributed by atoms with van der Waals surface area (Å²) in [4.78, 5) is 0. The molecule has 0 radical (unpaired) electrons. The maximum Gasteiger partial charge on any atom is 0.151 e. The molecule has 0 saturated heterocycles. The monoisotopic (exact) mass is 146 g/mol.